The lowest BCUT2D eigenvalue weighted by Gasteiger charge is -2.31. The van der Waals surface area contributed by atoms with Gasteiger partial charge >= 0.3 is 5.97 Å². The second kappa shape index (κ2) is 13.8. The van der Waals surface area contributed by atoms with Crippen LogP contribution in [0.5, 0.6) is 0 Å². The van der Waals surface area contributed by atoms with Crippen molar-refractivity contribution in [1.82, 2.24) is 4.90 Å². The van der Waals surface area contributed by atoms with E-state index in [9.17, 15) is 14.7 Å². The topological polar surface area (TPSA) is 57.6 Å². The first-order valence-electron chi connectivity index (χ1n) is 13.0. The number of aliphatic carboxylic acids is 1. The highest BCUT2D eigenvalue weighted by Crippen LogP contribution is 2.31. The number of nitrogens with zero attached hydrogens (tertiary/aromatic N) is 1. The van der Waals surface area contributed by atoms with Gasteiger partial charge < -0.3 is 10.0 Å². The number of hydrogen-bond donors (Lipinski definition) is 1. The largest absolute Gasteiger partial charge is 0.481 e. The summed E-state index contributed by atoms with van der Waals surface area (Å²) >= 11 is 1.60. The summed E-state index contributed by atoms with van der Waals surface area (Å²) in [5, 5.41) is 9.28. The highest BCUT2D eigenvalue weighted by Gasteiger charge is 2.22. The molecule has 1 aliphatic carbocycles. The molecule has 1 saturated carbocycles. The number of thioether (sulfide) groups is 1. The van der Waals surface area contributed by atoms with Crippen LogP contribution in [-0.2, 0) is 11.2 Å². The van der Waals surface area contributed by atoms with Crippen LogP contribution in [0.2, 0.25) is 0 Å². The maximum Gasteiger partial charge on any atom is 0.303 e. The Kier molecular flexibility index (Phi) is 10.9. The fraction of sp³-hybridized carbons (Fsp3) is 0.533. The normalized spacial score (nSPS) is 15.3. The molecule has 0 aliphatic heterocycles. The molecule has 1 N–H and O–H groups in total. The first kappa shape index (κ1) is 27.5. The SMILES string of the molecule is CSCC(CC(=O)O)CC(=O)c1ccc(CCCN(C)C2CCCCC2)cc1-c1ccccc1C. The molecular formula is C30H41NO3S. The molecule has 4 nitrogen and oxygen atoms in total. The van der Waals surface area contributed by atoms with Crippen LogP contribution in [0.15, 0.2) is 42.5 Å². The third-order valence-corrected chi connectivity index (χ3v) is 8.14. The molecule has 0 bridgehead atoms. The van der Waals surface area contributed by atoms with E-state index in [2.05, 4.69) is 43.1 Å². The van der Waals surface area contributed by atoms with Gasteiger partial charge in [-0.05, 0) is 86.4 Å². The molecule has 2 aromatic carbocycles. The van der Waals surface area contributed by atoms with Crippen molar-refractivity contribution in [2.75, 3.05) is 25.6 Å². The summed E-state index contributed by atoms with van der Waals surface area (Å²) in [7, 11) is 2.26. The minimum absolute atomic E-state index is 0.0267. The molecule has 35 heavy (non-hydrogen) atoms. The summed E-state index contributed by atoms with van der Waals surface area (Å²) in [6.45, 7) is 3.17. The third-order valence-electron chi connectivity index (χ3n) is 7.33. The van der Waals surface area contributed by atoms with E-state index in [0.717, 1.165) is 42.1 Å². The lowest BCUT2D eigenvalue weighted by Crippen LogP contribution is -2.34. The maximum absolute atomic E-state index is 13.4. The fourth-order valence-electron chi connectivity index (χ4n) is 5.37. The van der Waals surface area contributed by atoms with E-state index in [-0.39, 0.29) is 24.5 Å². The number of ketones is 1. The number of rotatable bonds is 13. The number of Topliss-reactive ketones (excluding diaryl/α,β-unsaturated/α-hetero) is 1. The summed E-state index contributed by atoms with van der Waals surface area (Å²) in [5.41, 5.74) is 5.16. The van der Waals surface area contributed by atoms with E-state index in [1.165, 1.54) is 37.7 Å². The van der Waals surface area contributed by atoms with Crippen LogP contribution in [0.25, 0.3) is 11.1 Å². The van der Waals surface area contributed by atoms with Crippen LogP contribution in [0, 0.1) is 12.8 Å². The van der Waals surface area contributed by atoms with Crippen molar-refractivity contribution in [3.8, 4) is 11.1 Å². The van der Waals surface area contributed by atoms with E-state index >= 15 is 0 Å². The maximum atomic E-state index is 13.4. The highest BCUT2D eigenvalue weighted by atomic mass is 32.2. The lowest BCUT2D eigenvalue weighted by molar-refractivity contribution is -0.137. The van der Waals surface area contributed by atoms with Gasteiger partial charge in [0.1, 0.15) is 0 Å². The molecule has 1 unspecified atom stereocenters. The summed E-state index contributed by atoms with van der Waals surface area (Å²) < 4.78 is 0. The number of hydrogen-bond acceptors (Lipinski definition) is 4. The van der Waals surface area contributed by atoms with Crippen LogP contribution in [0.3, 0.4) is 0 Å². The van der Waals surface area contributed by atoms with Gasteiger partial charge in [0.05, 0.1) is 0 Å². The van der Waals surface area contributed by atoms with Crippen molar-refractivity contribution < 1.29 is 14.7 Å². The van der Waals surface area contributed by atoms with E-state index in [1.54, 1.807) is 11.8 Å². The molecule has 190 valence electrons. The van der Waals surface area contributed by atoms with Crippen LogP contribution in [-0.4, -0.2) is 53.4 Å². The van der Waals surface area contributed by atoms with Crippen LogP contribution in [0.4, 0.5) is 0 Å². The highest BCUT2D eigenvalue weighted by molar-refractivity contribution is 7.98. The first-order valence-corrected chi connectivity index (χ1v) is 14.4. The molecule has 1 fully saturated rings. The molecule has 0 aromatic heterocycles. The van der Waals surface area contributed by atoms with Crippen LogP contribution >= 0.6 is 11.8 Å². The van der Waals surface area contributed by atoms with Gasteiger partial charge in [-0.2, -0.15) is 11.8 Å². The summed E-state index contributed by atoms with van der Waals surface area (Å²) in [5.74, 6) is -0.295. The smallest absolute Gasteiger partial charge is 0.303 e. The predicted octanol–water partition coefficient (Wildman–Crippen LogP) is 6.89. The number of carbonyl (C=O) groups is 2. The van der Waals surface area contributed by atoms with Crippen LogP contribution in [0.1, 0.15) is 72.9 Å². The number of carboxylic acids is 1. The monoisotopic (exact) mass is 495 g/mol. The summed E-state index contributed by atoms with van der Waals surface area (Å²) in [6.07, 6.45) is 11.1. The Balaban J connectivity index is 1.77. The van der Waals surface area contributed by atoms with E-state index < -0.39 is 5.97 Å². The Hall–Kier alpha value is -2.11. The van der Waals surface area contributed by atoms with Gasteiger partial charge in [-0.25, -0.2) is 0 Å². The Morgan fingerprint density at radius 2 is 1.80 bits per heavy atom. The quantitative estimate of drug-likeness (QED) is 0.307. The molecule has 0 amide bonds. The number of aryl methyl sites for hydroxylation is 2. The van der Waals surface area contributed by atoms with Gasteiger partial charge in [0.2, 0.25) is 0 Å². The summed E-state index contributed by atoms with van der Waals surface area (Å²) in [6, 6.07) is 15.2. The van der Waals surface area contributed by atoms with E-state index in [4.69, 9.17) is 0 Å². The Morgan fingerprint density at radius 3 is 2.49 bits per heavy atom. The second-order valence-electron chi connectivity index (χ2n) is 10.1. The molecule has 0 spiro atoms. The second-order valence-corrected chi connectivity index (χ2v) is 11.0. The summed E-state index contributed by atoms with van der Waals surface area (Å²) in [4.78, 5) is 27.2. The molecule has 1 aliphatic rings. The van der Waals surface area contributed by atoms with Gasteiger partial charge in [-0.15, -0.1) is 0 Å². The lowest BCUT2D eigenvalue weighted by atomic mass is 9.88. The van der Waals surface area contributed by atoms with Gasteiger partial charge in [-0.1, -0.05) is 61.7 Å². The molecule has 3 rings (SSSR count). The van der Waals surface area contributed by atoms with Crippen molar-refractivity contribution in [3.63, 3.8) is 0 Å². The zero-order valence-electron chi connectivity index (χ0n) is 21.6. The molecular weight excluding hydrogens is 454 g/mol. The van der Waals surface area contributed by atoms with E-state index in [1.807, 2.05) is 24.5 Å². The Bertz CT molecular complexity index is 983. The Morgan fingerprint density at radius 1 is 1.06 bits per heavy atom. The van der Waals surface area contributed by atoms with Crippen molar-refractivity contribution in [3.05, 3.63) is 59.2 Å². The van der Waals surface area contributed by atoms with Gasteiger partial charge in [0.25, 0.3) is 0 Å². The van der Waals surface area contributed by atoms with Gasteiger partial charge in [0.15, 0.2) is 5.78 Å². The molecule has 0 radical (unpaired) electrons. The zero-order chi connectivity index (χ0) is 25.2. The average molecular weight is 496 g/mol. The first-order chi connectivity index (χ1) is 16.9. The number of benzene rings is 2. The Labute approximate surface area is 215 Å². The van der Waals surface area contributed by atoms with Crippen molar-refractivity contribution >= 4 is 23.5 Å². The predicted molar refractivity (Wildman–Crippen MR) is 148 cm³/mol. The molecule has 0 heterocycles. The molecule has 0 saturated heterocycles. The van der Waals surface area contributed by atoms with Crippen molar-refractivity contribution in [1.29, 1.82) is 0 Å². The minimum Gasteiger partial charge on any atom is -0.481 e. The van der Waals surface area contributed by atoms with E-state index in [0.29, 0.717) is 11.3 Å². The molecule has 1 atom stereocenters. The zero-order valence-corrected chi connectivity index (χ0v) is 22.4. The average Bonchev–Trinajstić information content (AvgIpc) is 2.84. The standard InChI is InChI=1S/C30H41NO3S/c1-22-10-7-8-14-26(22)28-18-23(11-9-17-31(2)25-12-5-4-6-13-25)15-16-27(28)29(32)19-24(21-35-3)20-30(33)34/h7-8,10,14-16,18,24-25H,4-6,9,11-13,17,19-21H2,1-3H3,(H,33,34). The number of carbonyl (C=O) groups excluding carboxylic acids is 1. The molecule has 5 heteroatoms. The fourth-order valence-corrected chi connectivity index (χ4v) is 6.08. The van der Waals surface area contributed by atoms with Crippen molar-refractivity contribution in [2.45, 2.75) is 70.8 Å². The van der Waals surface area contributed by atoms with Gasteiger partial charge in [0, 0.05) is 24.4 Å². The number of carboxylic acid groups (broad SMARTS) is 1. The molecule has 2 aromatic rings. The third kappa shape index (κ3) is 8.22. The van der Waals surface area contributed by atoms with Crippen LogP contribution < -0.4 is 0 Å². The van der Waals surface area contributed by atoms with Gasteiger partial charge in [-0.3, -0.25) is 9.59 Å². The van der Waals surface area contributed by atoms with Crippen molar-refractivity contribution in [2.24, 2.45) is 5.92 Å². The minimum atomic E-state index is -0.843.